The van der Waals surface area contributed by atoms with Crippen molar-refractivity contribution in [3.05, 3.63) is 47.8 Å². The Morgan fingerprint density at radius 2 is 2.19 bits per heavy atom. The number of ether oxygens (including phenoxy) is 2. The monoisotopic (exact) mass is 289 g/mol. The average Bonchev–Trinajstić information content (AvgIpc) is 2.98. The number of nitrogens with zero attached hydrogens (tertiary/aromatic N) is 2. The summed E-state index contributed by atoms with van der Waals surface area (Å²) < 4.78 is 12.7. The van der Waals surface area contributed by atoms with Gasteiger partial charge in [-0.15, -0.1) is 0 Å². The summed E-state index contributed by atoms with van der Waals surface area (Å²) in [4.78, 5) is 0. The third kappa shape index (κ3) is 5.21. The molecule has 1 aromatic carbocycles. The largest absolute Gasteiger partial charge is 0.489 e. The Hall–Kier alpha value is -1.85. The van der Waals surface area contributed by atoms with Crippen molar-refractivity contribution in [2.75, 3.05) is 20.3 Å². The third-order valence-corrected chi connectivity index (χ3v) is 3.13. The van der Waals surface area contributed by atoms with Crippen molar-refractivity contribution in [3.63, 3.8) is 0 Å². The van der Waals surface area contributed by atoms with Gasteiger partial charge in [-0.2, -0.15) is 5.10 Å². The molecule has 0 amide bonds. The van der Waals surface area contributed by atoms with Gasteiger partial charge in [-0.25, -0.2) is 0 Å². The first-order valence-electron chi connectivity index (χ1n) is 7.24. The quantitative estimate of drug-likeness (QED) is 0.719. The zero-order chi connectivity index (χ0) is 14.9. The molecule has 0 aliphatic heterocycles. The molecular formula is C16H23N3O2. The van der Waals surface area contributed by atoms with Gasteiger partial charge in [0.2, 0.25) is 0 Å². The minimum absolute atomic E-state index is 0.542. The SMILES string of the molecule is CCn1cc(COc2cccc(CNCCOC)c2)cn1. The molecule has 2 aromatic rings. The van der Waals surface area contributed by atoms with Crippen LogP contribution in [-0.4, -0.2) is 30.0 Å². The van der Waals surface area contributed by atoms with Gasteiger partial charge >= 0.3 is 0 Å². The summed E-state index contributed by atoms with van der Waals surface area (Å²) in [6.07, 6.45) is 3.86. The lowest BCUT2D eigenvalue weighted by atomic mass is 10.2. The fourth-order valence-corrected chi connectivity index (χ4v) is 1.97. The molecule has 1 heterocycles. The number of aromatic nitrogens is 2. The normalized spacial score (nSPS) is 10.8. The van der Waals surface area contributed by atoms with E-state index < -0.39 is 0 Å². The zero-order valence-corrected chi connectivity index (χ0v) is 12.7. The van der Waals surface area contributed by atoms with Crippen LogP contribution in [0.3, 0.4) is 0 Å². The van der Waals surface area contributed by atoms with E-state index in [1.165, 1.54) is 5.56 Å². The molecule has 1 aromatic heterocycles. The zero-order valence-electron chi connectivity index (χ0n) is 12.7. The molecule has 5 nitrogen and oxygen atoms in total. The van der Waals surface area contributed by atoms with Crippen LogP contribution in [0.15, 0.2) is 36.7 Å². The van der Waals surface area contributed by atoms with Crippen LogP contribution in [0.25, 0.3) is 0 Å². The maximum Gasteiger partial charge on any atom is 0.120 e. The Kier molecular flexibility index (Phi) is 6.24. The first kappa shape index (κ1) is 15.5. The third-order valence-electron chi connectivity index (χ3n) is 3.13. The molecule has 21 heavy (non-hydrogen) atoms. The summed E-state index contributed by atoms with van der Waals surface area (Å²) in [5.74, 6) is 0.880. The Bertz CT molecular complexity index is 540. The molecular weight excluding hydrogens is 266 g/mol. The highest BCUT2D eigenvalue weighted by atomic mass is 16.5. The molecule has 0 aliphatic carbocycles. The molecule has 0 aliphatic rings. The van der Waals surface area contributed by atoms with Crippen LogP contribution in [0.2, 0.25) is 0 Å². The molecule has 0 saturated carbocycles. The Labute approximate surface area is 125 Å². The highest BCUT2D eigenvalue weighted by Gasteiger charge is 2.00. The Morgan fingerprint density at radius 3 is 2.95 bits per heavy atom. The van der Waals surface area contributed by atoms with Gasteiger partial charge in [0.05, 0.1) is 12.8 Å². The van der Waals surface area contributed by atoms with E-state index >= 15 is 0 Å². The summed E-state index contributed by atoms with van der Waals surface area (Å²) >= 11 is 0. The van der Waals surface area contributed by atoms with Crippen LogP contribution in [-0.2, 0) is 24.4 Å². The van der Waals surface area contributed by atoms with Crippen molar-refractivity contribution >= 4 is 0 Å². The smallest absolute Gasteiger partial charge is 0.120 e. The number of methoxy groups -OCH3 is 1. The summed E-state index contributed by atoms with van der Waals surface area (Å²) in [5, 5.41) is 7.56. The number of nitrogens with one attached hydrogen (secondary N) is 1. The second-order valence-electron chi connectivity index (χ2n) is 4.81. The van der Waals surface area contributed by atoms with Crippen LogP contribution in [0.1, 0.15) is 18.1 Å². The first-order valence-corrected chi connectivity index (χ1v) is 7.24. The minimum Gasteiger partial charge on any atom is -0.489 e. The predicted molar refractivity (Wildman–Crippen MR) is 82.3 cm³/mol. The topological polar surface area (TPSA) is 48.3 Å². The van der Waals surface area contributed by atoms with E-state index in [4.69, 9.17) is 9.47 Å². The van der Waals surface area contributed by atoms with Gasteiger partial charge in [0, 0.05) is 38.5 Å². The maximum absolute atomic E-state index is 5.81. The van der Waals surface area contributed by atoms with Crippen molar-refractivity contribution in [2.24, 2.45) is 0 Å². The van der Waals surface area contributed by atoms with Gasteiger partial charge in [-0.1, -0.05) is 12.1 Å². The molecule has 0 spiro atoms. The Morgan fingerprint density at radius 1 is 1.29 bits per heavy atom. The molecule has 0 fully saturated rings. The molecule has 0 atom stereocenters. The highest BCUT2D eigenvalue weighted by Crippen LogP contribution is 2.15. The van der Waals surface area contributed by atoms with Gasteiger partial charge in [0.1, 0.15) is 12.4 Å². The van der Waals surface area contributed by atoms with Gasteiger partial charge < -0.3 is 14.8 Å². The van der Waals surface area contributed by atoms with Crippen molar-refractivity contribution in [3.8, 4) is 5.75 Å². The Balaban J connectivity index is 1.82. The standard InChI is InChI=1S/C16H23N3O2/c1-3-19-12-15(11-18-19)13-21-16-6-4-5-14(9-16)10-17-7-8-20-2/h4-6,9,11-12,17H,3,7-8,10,13H2,1-2H3. The van der Waals surface area contributed by atoms with E-state index in [0.29, 0.717) is 6.61 Å². The van der Waals surface area contributed by atoms with Gasteiger partial charge in [0.25, 0.3) is 0 Å². The van der Waals surface area contributed by atoms with Crippen molar-refractivity contribution in [2.45, 2.75) is 26.6 Å². The van der Waals surface area contributed by atoms with E-state index in [-0.39, 0.29) is 0 Å². The summed E-state index contributed by atoms with van der Waals surface area (Å²) in [7, 11) is 1.71. The number of hydrogen-bond donors (Lipinski definition) is 1. The molecule has 5 heteroatoms. The van der Waals surface area contributed by atoms with Gasteiger partial charge in [-0.3, -0.25) is 4.68 Å². The first-order chi connectivity index (χ1) is 10.3. The van der Waals surface area contributed by atoms with Gasteiger partial charge in [0.15, 0.2) is 0 Å². The second kappa shape index (κ2) is 8.44. The fraction of sp³-hybridized carbons (Fsp3) is 0.438. The van der Waals surface area contributed by atoms with Crippen LogP contribution in [0.4, 0.5) is 0 Å². The number of aryl methyl sites for hydroxylation is 1. The lowest BCUT2D eigenvalue weighted by Gasteiger charge is -2.08. The van der Waals surface area contributed by atoms with Crippen molar-refractivity contribution in [1.82, 2.24) is 15.1 Å². The lowest BCUT2D eigenvalue weighted by Crippen LogP contribution is -2.18. The van der Waals surface area contributed by atoms with Crippen molar-refractivity contribution in [1.29, 1.82) is 0 Å². The summed E-state index contributed by atoms with van der Waals surface area (Å²) in [6, 6.07) is 8.13. The van der Waals surface area contributed by atoms with Gasteiger partial charge in [-0.05, 0) is 24.6 Å². The van der Waals surface area contributed by atoms with E-state index in [0.717, 1.165) is 37.6 Å². The summed E-state index contributed by atoms with van der Waals surface area (Å²) in [6.45, 7) is 5.87. The maximum atomic E-state index is 5.81. The lowest BCUT2D eigenvalue weighted by molar-refractivity contribution is 0.199. The van der Waals surface area contributed by atoms with Crippen molar-refractivity contribution < 1.29 is 9.47 Å². The van der Waals surface area contributed by atoms with E-state index in [2.05, 4.69) is 29.5 Å². The fourth-order valence-electron chi connectivity index (χ4n) is 1.97. The minimum atomic E-state index is 0.542. The van der Waals surface area contributed by atoms with E-state index in [1.54, 1.807) is 7.11 Å². The molecule has 1 N–H and O–H groups in total. The van der Waals surface area contributed by atoms with Crippen LogP contribution >= 0.6 is 0 Å². The van der Waals surface area contributed by atoms with Crippen LogP contribution in [0, 0.1) is 0 Å². The van der Waals surface area contributed by atoms with E-state index in [9.17, 15) is 0 Å². The summed E-state index contributed by atoms with van der Waals surface area (Å²) in [5.41, 5.74) is 2.29. The number of benzene rings is 1. The molecule has 114 valence electrons. The molecule has 2 rings (SSSR count). The van der Waals surface area contributed by atoms with E-state index in [1.807, 2.05) is 29.2 Å². The molecule has 0 bridgehead atoms. The highest BCUT2D eigenvalue weighted by molar-refractivity contribution is 5.28. The number of rotatable bonds is 9. The molecule has 0 radical (unpaired) electrons. The van der Waals surface area contributed by atoms with Crippen LogP contribution in [0.5, 0.6) is 5.75 Å². The van der Waals surface area contributed by atoms with Crippen LogP contribution < -0.4 is 10.1 Å². The predicted octanol–water partition coefficient (Wildman–Crippen LogP) is 2.22. The second-order valence-corrected chi connectivity index (χ2v) is 4.81. The number of hydrogen-bond acceptors (Lipinski definition) is 4. The average molecular weight is 289 g/mol. The molecule has 0 unspecified atom stereocenters. The molecule has 0 saturated heterocycles.